The molecular formula is C23H27N2O4+. The Morgan fingerprint density at radius 1 is 1.07 bits per heavy atom. The highest BCUT2D eigenvalue weighted by Gasteiger charge is 2.24. The number of hydrogen-bond acceptors (Lipinski definition) is 4. The third-order valence-electron chi connectivity index (χ3n) is 4.77. The van der Waals surface area contributed by atoms with Crippen LogP contribution >= 0.6 is 0 Å². The molecule has 0 bridgehead atoms. The maximum Gasteiger partial charge on any atom is 0.374 e. The van der Waals surface area contributed by atoms with Gasteiger partial charge in [0.05, 0.1) is 19.2 Å². The zero-order valence-electron chi connectivity index (χ0n) is 17.1. The largest absolute Gasteiger partial charge is 0.460 e. The van der Waals surface area contributed by atoms with E-state index < -0.39 is 5.97 Å². The summed E-state index contributed by atoms with van der Waals surface area (Å²) in [5.74, 6) is -0.342. The van der Waals surface area contributed by atoms with E-state index in [0.29, 0.717) is 12.1 Å². The van der Waals surface area contributed by atoms with Gasteiger partial charge in [0.25, 0.3) is 5.91 Å². The van der Waals surface area contributed by atoms with Crippen LogP contribution in [0.4, 0.5) is 5.69 Å². The average Bonchev–Trinajstić information content (AvgIpc) is 3.07. The Labute approximate surface area is 170 Å². The number of rotatable bonds is 8. The van der Waals surface area contributed by atoms with Gasteiger partial charge in [-0.15, -0.1) is 0 Å². The minimum absolute atomic E-state index is 0.0751. The summed E-state index contributed by atoms with van der Waals surface area (Å²) in [5, 5.41) is 3.86. The first-order valence-electron chi connectivity index (χ1n) is 9.90. The fraction of sp³-hybridized carbons (Fsp3) is 0.304. The van der Waals surface area contributed by atoms with Gasteiger partial charge in [0, 0.05) is 11.1 Å². The zero-order chi connectivity index (χ0) is 20.8. The van der Waals surface area contributed by atoms with E-state index in [1.54, 1.807) is 6.92 Å². The summed E-state index contributed by atoms with van der Waals surface area (Å²) in [5.41, 5.74) is 3.34. The molecule has 0 aliphatic rings. The number of benzene rings is 2. The number of esters is 1. The molecule has 0 spiro atoms. The summed E-state index contributed by atoms with van der Waals surface area (Å²) in [6.07, 6.45) is 0.850. The van der Waals surface area contributed by atoms with Crippen LogP contribution in [0.3, 0.4) is 0 Å². The molecule has 1 atom stereocenters. The Morgan fingerprint density at radius 2 is 1.79 bits per heavy atom. The summed E-state index contributed by atoms with van der Waals surface area (Å²) >= 11 is 0. The molecular weight excluding hydrogens is 368 g/mol. The molecule has 152 valence electrons. The molecule has 6 nitrogen and oxygen atoms in total. The quantitative estimate of drug-likeness (QED) is 0.576. The van der Waals surface area contributed by atoms with Crippen LogP contribution in [-0.4, -0.2) is 32.1 Å². The summed E-state index contributed by atoms with van der Waals surface area (Å²) in [4.78, 5) is 25.8. The first kappa shape index (κ1) is 20.6. The van der Waals surface area contributed by atoms with Gasteiger partial charge in [-0.05, 0) is 31.0 Å². The summed E-state index contributed by atoms with van der Waals surface area (Å²) < 4.78 is 10.9. The lowest BCUT2D eigenvalue weighted by molar-refractivity contribution is -0.885. The molecule has 0 saturated heterocycles. The predicted octanol–water partition coefficient (Wildman–Crippen LogP) is 2.83. The number of fused-ring (bicyclic) bond motifs is 1. The van der Waals surface area contributed by atoms with Gasteiger partial charge in [-0.2, -0.15) is 0 Å². The number of aryl methyl sites for hydroxylation is 1. The van der Waals surface area contributed by atoms with Crippen molar-refractivity contribution in [1.82, 2.24) is 0 Å². The standard InChI is InChI=1S/C23H26N2O4/c1-4-16-10-6-8-12-19(16)24-21(26)15-25(3)14-18-17-11-7-9-13-20(17)29-22(18)23(27)28-5-2/h6-13H,4-5,14-15H2,1-3H3,(H,24,26)/p+1. The molecule has 3 rings (SSSR count). The molecule has 1 heterocycles. The van der Waals surface area contributed by atoms with E-state index in [4.69, 9.17) is 9.15 Å². The fourth-order valence-corrected chi connectivity index (χ4v) is 3.42. The van der Waals surface area contributed by atoms with Gasteiger partial charge >= 0.3 is 5.97 Å². The van der Waals surface area contributed by atoms with Crippen molar-refractivity contribution in [1.29, 1.82) is 0 Å². The van der Waals surface area contributed by atoms with Gasteiger partial charge in [-0.1, -0.05) is 43.3 Å². The second-order valence-corrected chi connectivity index (χ2v) is 7.00. The molecule has 0 aliphatic carbocycles. The number of carbonyl (C=O) groups is 2. The van der Waals surface area contributed by atoms with Crippen LogP contribution in [0.15, 0.2) is 52.9 Å². The van der Waals surface area contributed by atoms with Crippen LogP contribution in [0.5, 0.6) is 0 Å². The molecule has 1 unspecified atom stereocenters. The Balaban J connectivity index is 1.75. The molecule has 6 heteroatoms. The van der Waals surface area contributed by atoms with Crippen molar-refractivity contribution in [2.24, 2.45) is 0 Å². The molecule has 0 aliphatic heterocycles. The number of furan rings is 1. The first-order valence-corrected chi connectivity index (χ1v) is 9.90. The highest BCUT2D eigenvalue weighted by Crippen LogP contribution is 2.26. The van der Waals surface area contributed by atoms with Crippen LogP contribution in [0.25, 0.3) is 11.0 Å². The first-order chi connectivity index (χ1) is 14.0. The number of nitrogens with one attached hydrogen (secondary N) is 2. The fourth-order valence-electron chi connectivity index (χ4n) is 3.42. The van der Waals surface area contributed by atoms with Crippen LogP contribution in [-0.2, 0) is 22.5 Å². The number of carbonyl (C=O) groups excluding carboxylic acids is 2. The molecule has 0 fully saturated rings. The van der Waals surface area contributed by atoms with E-state index in [1.165, 1.54) is 0 Å². The molecule has 3 aromatic rings. The van der Waals surface area contributed by atoms with E-state index in [2.05, 4.69) is 12.2 Å². The minimum Gasteiger partial charge on any atom is -0.460 e. The SMILES string of the molecule is CCOC(=O)c1oc2ccccc2c1C[NH+](C)CC(=O)Nc1ccccc1CC. The third-order valence-corrected chi connectivity index (χ3v) is 4.77. The third kappa shape index (κ3) is 4.84. The zero-order valence-corrected chi connectivity index (χ0v) is 17.1. The Kier molecular flexibility index (Phi) is 6.67. The monoisotopic (exact) mass is 395 g/mol. The highest BCUT2D eigenvalue weighted by molar-refractivity contribution is 5.96. The molecule has 2 aromatic carbocycles. The van der Waals surface area contributed by atoms with Gasteiger partial charge in [-0.25, -0.2) is 4.79 Å². The number of likely N-dealkylation sites (N-methyl/N-ethyl adjacent to an activating group) is 1. The van der Waals surface area contributed by atoms with Gasteiger partial charge in [-0.3, -0.25) is 4.79 Å². The van der Waals surface area contributed by atoms with Crippen molar-refractivity contribution in [2.45, 2.75) is 26.8 Å². The van der Waals surface area contributed by atoms with Crippen LogP contribution in [0.1, 0.15) is 35.5 Å². The van der Waals surface area contributed by atoms with Gasteiger partial charge in [0.15, 0.2) is 6.54 Å². The summed E-state index contributed by atoms with van der Waals surface area (Å²) in [7, 11) is 1.92. The molecule has 0 radical (unpaired) electrons. The van der Waals surface area contributed by atoms with Gasteiger partial charge in [0.2, 0.25) is 5.76 Å². The Bertz CT molecular complexity index is 1010. The summed E-state index contributed by atoms with van der Waals surface area (Å²) in [6, 6.07) is 15.3. The van der Waals surface area contributed by atoms with Crippen LogP contribution < -0.4 is 10.2 Å². The van der Waals surface area contributed by atoms with E-state index in [1.807, 2.05) is 55.6 Å². The van der Waals surface area contributed by atoms with Crippen molar-refractivity contribution in [2.75, 3.05) is 25.5 Å². The predicted molar refractivity (Wildman–Crippen MR) is 112 cm³/mol. The second kappa shape index (κ2) is 9.39. The lowest BCUT2D eigenvalue weighted by Crippen LogP contribution is -3.08. The number of ether oxygens (including phenoxy) is 1. The normalized spacial score (nSPS) is 12.0. The Morgan fingerprint density at radius 3 is 2.55 bits per heavy atom. The van der Waals surface area contributed by atoms with Crippen molar-refractivity contribution in [3.05, 3.63) is 65.4 Å². The highest BCUT2D eigenvalue weighted by atomic mass is 16.5. The maximum atomic E-state index is 12.6. The van der Waals surface area contributed by atoms with Gasteiger partial charge in [0.1, 0.15) is 12.1 Å². The van der Waals surface area contributed by atoms with E-state index in [0.717, 1.165) is 33.5 Å². The number of amides is 1. The number of quaternary nitrogens is 1. The number of hydrogen-bond donors (Lipinski definition) is 2. The van der Waals surface area contributed by atoms with Crippen molar-refractivity contribution in [3.63, 3.8) is 0 Å². The number of para-hydroxylation sites is 2. The minimum atomic E-state index is -0.479. The van der Waals surface area contributed by atoms with E-state index in [-0.39, 0.29) is 24.8 Å². The molecule has 1 aromatic heterocycles. The topological polar surface area (TPSA) is 73.0 Å². The lowest BCUT2D eigenvalue weighted by atomic mass is 10.1. The maximum absolute atomic E-state index is 12.6. The lowest BCUT2D eigenvalue weighted by Gasteiger charge is -2.15. The molecule has 1 amide bonds. The van der Waals surface area contributed by atoms with Crippen LogP contribution in [0, 0.1) is 0 Å². The van der Waals surface area contributed by atoms with E-state index in [9.17, 15) is 9.59 Å². The Hall–Kier alpha value is -3.12. The smallest absolute Gasteiger partial charge is 0.374 e. The van der Waals surface area contributed by atoms with Crippen LogP contribution in [0.2, 0.25) is 0 Å². The van der Waals surface area contributed by atoms with E-state index >= 15 is 0 Å². The molecule has 2 N–H and O–H groups in total. The molecule has 29 heavy (non-hydrogen) atoms. The molecule has 0 saturated carbocycles. The van der Waals surface area contributed by atoms with Crippen molar-refractivity contribution >= 4 is 28.5 Å². The van der Waals surface area contributed by atoms with Crippen molar-refractivity contribution < 1.29 is 23.6 Å². The summed E-state index contributed by atoms with van der Waals surface area (Å²) in [6.45, 7) is 4.82. The average molecular weight is 395 g/mol. The van der Waals surface area contributed by atoms with Crippen molar-refractivity contribution in [3.8, 4) is 0 Å². The second-order valence-electron chi connectivity index (χ2n) is 7.00. The number of anilines is 1. The van der Waals surface area contributed by atoms with Gasteiger partial charge < -0.3 is 19.4 Å².